The molecule has 0 radical (unpaired) electrons. The number of pyridine rings is 1. The lowest BCUT2D eigenvalue weighted by molar-refractivity contribution is 0.0950. The lowest BCUT2D eigenvalue weighted by Gasteiger charge is -2.12. The summed E-state index contributed by atoms with van der Waals surface area (Å²) in [5.41, 5.74) is 1.22. The summed E-state index contributed by atoms with van der Waals surface area (Å²) in [6.07, 6.45) is 3.29. The molecule has 0 aliphatic rings. The third kappa shape index (κ3) is 3.69. The van der Waals surface area contributed by atoms with E-state index in [0.29, 0.717) is 12.1 Å². The predicted molar refractivity (Wildman–Crippen MR) is 82.7 cm³/mol. The van der Waals surface area contributed by atoms with Crippen LogP contribution < -0.4 is 5.32 Å². The Kier molecular flexibility index (Phi) is 4.89. The molecule has 2 rings (SSSR count). The number of carbonyl (C=O) groups excluding carboxylic acids is 1. The number of nitrogens with zero attached hydrogens (tertiary/aromatic N) is 2. The van der Waals surface area contributed by atoms with Crippen LogP contribution in [0.1, 0.15) is 15.9 Å². The van der Waals surface area contributed by atoms with Crippen molar-refractivity contribution in [2.75, 3.05) is 14.1 Å². The normalized spacial score (nSPS) is 11.4. The van der Waals surface area contributed by atoms with E-state index in [9.17, 15) is 13.2 Å². The highest BCUT2D eigenvalue weighted by molar-refractivity contribution is 7.89. The summed E-state index contributed by atoms with van der Waals surface area (Å²) >= 11 is 0. The van der Waals surface area contributed by atoms with Crippen molar-refractivity contribution in [3.8, 4) is 0 Å². The highest BCUT2D eigenvalue weighted by Gasteiger charge is 2.18. The van der Waals surface area contributed by atoms with Gasteiger partial charge in [0.1, 0.15) is 0 Å². The Bertz CT molecular complexity index is 759. The summed E-state index contributed by atoms with van der Waals surface area (Å²) in [6, 6.07) is 9.57. The monoisotopic (exact) mass is 319 g/mol. The fourth-order valence-corrected chi connectivity index (χ4v) is 2.74. The Labute approximate surface area is 129 Å². The van der Waals surface area contributed by atoms with E-state index in [2.05, 4.69) is 10.3 Å². The number of amides is 1. The summed E-state index contributed by atoms with van der Waals surface area (Å²) in [7, 11) is -0.655. The minimum atomic E-state index is -3.55. The Morgan fingerprint density at radius 3 is 2.50 bits per heavy atom. The Morgan fingerprint density at radius 1 is 1.18 bits per heavy atom. The molecule has 0 atom stereocenters. The first-order valence-electron chi connectivity index (χ1n) is 6.61. The van der Waals surface area contributed by atoms with Gasteiger partial charge >= 0.3 is 0 Å². The van der Waals surface area contributed by atoms with Crippen LogP contribution in [0, 0.1) is 0 Å². The van der Waals surface area contributed by atoms with Gasteiger partial charge in [0.25, 0.3) is 5.91 Å². The second-order valence-corrected chi connectivity index (χ2v) is 7.01. The van der Waals surface area contributed by atoms with E-state index >= 15 is 0 Å². The number of benzene rings is 1. The summed E-state index contributed by atoms with van der Waals surface area (Å²) in [4.78, 5) is 16.1. The molecule has 0 saturated heterocycles. The quantitative estimate of drug-likeness (QED) is 0.900. The molecule has 0 bridgehead atoms. The smallest absolute Gasteiger partial charge is 0.251 e. The number of sulfonamides is 1. The minimum absolute atomic E-state index is 0.0917. The number of hydrogen-bond acceptors (Lipinski definition) is 4. The molecule has 7 heteroatoms. The second kappa shape index (κ2) is 6.67. The van der Waals surface area contributed by atoms with Gasteiger partial charge in [-0.1, -0.05) is 6.07 Å². The molecule has 1 aromatic carbocycles. The first kappa shape index (κ1) is 16.1. The first-order chi connectivity index (χ1) is 10.4. The molecule has 0 saturated carbocycles. The molecule has 1 N–H and O–H groups in total. The molecule has 22 heavy (non-hydrogen) atoms. The van der Waals surface area contributed by atoms with Gasteiger partial charge in [-0.05, 0) is 35.9 Å². The van der Waals surface area contributed by atoms with Gasteiger partial charge in [-0.25, -0.2) is 12.7 Å². The average Bonchev–Trinajstić information content (AvgIpc) is 2.53. The Hall–Kier alpha value is -2.25. The van der Waals surface area contributed by atoms with Crippen molar-refractivity contribution in [2.24, 2.45) is 0 Å². The maximum absolute atomic E-state index is 12.1. The maximum Gasteiger partial charge on any atom is 0.251 e. The molecular weight excluding hydrogens is 302 g/mol. The molecule has 6 nitrogen and oxygen atoms in total. The van der Waals surface area contributed by atoms with Gasteiger partial charge in [0.2, 0.25) is 10.0 Å². The predicted octanol–water partition coefficient (Wildman–Crippen LogP) is 1.26. The van der Waals surface area contributed by atoms with Crippen molar-refractivity contribution in [1.29, 1.82) is 0 Å². The third-order valence-electron chi connectivity index (χ3n) is 3.08. The standard InChI is InChI=1S/C15H17N3O3S/c1-18(2)22(20,21)14-5-3-4-13(10-14)15(19)17-11-12-6-8-16-9-7-12/h3-10H,11H2,1-2H3,(H,17,19). The first-order valence-corrected chi connectivity index (χ1v) is 8.05. The number of nitrogens with one attached hydrogen (secondary N) is 1. The Morgan fingerprint density at radius 2 is 1.86 bits per heavy atom. The van der Waals surface area contributed by atoms with Crippen LogP contribution in [0.3, 0.4) is 0 Å². The number of aromatic nitrogens is 1. The van der Waals surface area contributed by atoms with Gasteiger partial charge in [0.05, 0.1) is 4.90 Å². The summed E-state index contributed by atoms with van der Waals surface area (Å²) in [5, 5.41) is 2.75. The molecule has 2 aromatic rings. The number of carbonyl (C=O) groups is 1. The Balaban J connectivity index is 2.14. The van der Waals surface area contributed by atoms with Crippen LogP contribution in [0.4, 0.5) is 0 Å². The van der Waals surface area contributed by atoms with E-state index in [1.807, 2.05) is 0 Å². The van der Waals surface area contributed by atoms with Crippen molar-refractivity contribution in [1.82, 2.24) is 14.6 Å². The van der Waals surface area contributed by atoms with Crippen molar-refractivity contribution in [2.45, 2.75) is 11.4 Å². The van der Waals surface area contributed by atoms with Gasteiger partial charge in [-0.3, -0.25) is 9.78 Å². The lowest BCUT2D eigenvalue weighted by Crippen LogP contribution is -2.25. The van der Waals surface area contributed by atoms with Crippen molar-refractivity contribution >= 4 is 15.9 Å². The zero-order valence-corrected chi connectivity index (χ0v) is 13.2. The van der Waals surface area contributed by atoms with Gasteiger partial charge < -0.3 is 5.32 Å². The molecule has 116 valence electrons. The summed E-state index contributed by atoms with van der Waals surface area (Å²) < 4.78 is 25.3. The van der Waals surface area contributed by atoms with Crippen LogP contribution in [0.5, 0.6) is 0 Å². The lowest BCUT2D eigenvalue weighted by atomic mass is 10.2. The third-order valence-corrected chi connectivity index (χ3v) is 4.89. The number of rotatable bonds is 5. The SMILES string of the molecule is CN(C)S(=O)(=O)c1cccc(C(=O)NCc2ccncc2)c1. The summed E-state index contributed by atoms with van der Waals surface area (Å²) in [6.45, 7) is 0.353. The fraction of sp³-hybridized carbons (Fsp3) is 0.200. The molecule has 1 amide bonds. The van der Waals surface area contributed by atoms with Gasteiger partial charge in [-0.15, -0.1) is 0 Å². The van der Waals surface area contributed by atoms with Gasteiger partial charge in [-0.2, -0.15) is 0 Å². The maximum atomic E-state index is 12.1. The van der Waals surface area contributed by atoms with Crippen molar-refractivity contribution < 1.29 is 13.2 Å². The number of hydrogen-bond donors (Lipinski definition) is 1. The molecule has 0 fully saturated rings. The molecule has 0 aliphatic heterocycles. The largest absolute Gasteiger partial charge is 0.348 e. The van der Waals surface area contributed by atoms with E-state index in [4.69, 9.17) is 0 Å². The molecule has 0 unspecified atom stereocenters. The molecule has 0 spiro atoms. The summed E-state index contributed by atoms with van der Waals surface area (Å²) in [5.74, 6) is -0.326. The fourth-order valence-electron chi connectivity index (χ4n) is 1.79. The van der Waals surface area contributed by atoms with E-state index in [1.54, 1.807) is 36.7 Å². The minimum Gasteiger partial charge on any atom is -0.348 e. The van der Waals surface area contributed by atoms with E-state index in [1.165, 1.54) is 26.2 Å². The van der Waals surface area contributed by atoms with Gasteiger partial charge in [0.15, 0.2) is 0 Å². The highest BCUT2D eigenvalue weighted by Crippen LogP contribution is 2.15. The van der Waals surface area contributed by atoms with E-state index < -0.39 is 10.0 Å². The zero-order chi connectivity index (χ0) is 16.2. The van der Waals surface area contributed by atoms with Crippen LogP contribution in [0.15, 0.2) is 53.7 Å². The molecular formula is C15H17N3O3S. The van der Waals surface area contributed by atoms with E-state index in [-0.39, 0.29) is 10.8 Å². The van der Waals surface area contributed by atoms with Crippen molar-refractivity contribution in [3.63, 3.8) is 0 Å². The van der Waals surface area contributed by atoms with Crippen LogP contribution in [0.25, 0.3) is 0 Å². The van der Waals surface area contributed by atoms with Crippen LogP contribution >= 0.6 is 0 Å². The highest BCUT2D eigenvalue weighted by atomic mass is 32.2. The topological polar surface area (TPSA) is 79.4 Å². The zero-order valence-electron chi connectivity index (χ0n) is 12.4. The van der Waals surface area contributed by atoms with E-state index in [0.717, 1.165) is 9.87 Å². The van der Waals surface area contributed by atoms with Crippen molar-refractivity contribution in [3.05, 3.63) is 59.9 Å². The molecule has 1 aromatic heterocycles. The molecule has 0 aliphatic carbocycles. The van der Waals surface area contributed by atoms with Crippen LogP contribution in [-0.2, 0) is 16.6 Å². The van der Waals surface area contributed by atoms with Gasteiger partial charge in [0, 0.05) is 38.6 Å². The van der Waals surface area contributed by atoms with Crippen LogP contribution in [0.2, 0.25) is 0 Å². The van der Waals surface area contributed by atoms with Crippen LogP contribution in [-0.4, -0.2) is 37.7 Å². The average molecular weight is 319 g/mol. The second-order valence-electron chi connectivity index (χ2n) is 4.85. The molecule has 1 heterocycles.